The monoisotopic (exact) mass is 620 g/mol. The van der Waals surface area contributed by atoms with Crippen LogP contribution in [-0.2, 0) is 20.7 Å². The summed E-state index contributed by atoms with van der Waals surface area (Å²) in [5, 5.41) is 4.91. The number of hydrogen-bond acceptors (Lipinski definition) is 8. The molecular weight excluding hydrogens is 574 g/mol. The van der Waals surface area contributed by atoms with Gasteiger partial charge in [0, 0.05) is 39.5 Å². The predicted octanol–water partition coefficient (Wildman–Crippen LogP) is 4.45. The Kier molecular flexibility index (Phi) is 9.04. The second-order valence-electron chi connectivity index (χ2n) is 14.1. The Morgan fingerprint density at radius 3 is 2.33 bits per heavy atom. The first-order valence-corrected chi connectivity index (χ1v) is 16.1. The van der Waals surface area contributed by atoms with Crippen molar-refractivity contribution < 1.29 is 28.6 Å². The predicted molar refractivity (Wildman–Crippen MR) is 172 cm³/mol. The van der Waals surface area contributed by atoms with Crippen molar-refractivity contribution in [1.82, 2.24) is 10.2 Å². The lowest BCUT2D eigenvalue weighted by Crippen LogP contribution is -2.55. The number of benzene rings is 1. The van der Waals surface area contributed by atoms with Crippen LogP contribution in [0.4, 0.5) is 15.3 Å². The van der Waals surface area contributed by atoms with Gasteiger partial charge in [-0.3, -0.25) is 9.79 Å². The van der Waals surface area contributed by atoms with Crippen LogP contribution in [0.1, 0.15) is 110 Å². The fraction of sp³-hybridized carbons (Fsp3) is 0.588. The van der Waals surface area contributed by atoms with Crippen LogP contribution in [0.5, 0.6) is 0 Å². The Morgan fingerprint density at radius 2 is 1.69 bits per heavy atom. The molecule has 0 unspecified atom stereocenters. The molecule has 0 saturated heterocycles. The van der Waals surface area contributed by atoms with E-state index in [1.54, 1.807) is 41.5 Å². The number of rotatable bonds is 8. The molecule has 2 heterocycles. The van der Waals surface area contributed by atoms with E-state index in [1.165, 1.54) is 0 Å². The Bertz CT molecular complexity index is 1600. The van der Waals surface area contributed by atoms with Gasteiger partial charge in [-0.1, -0.05) is 6.08 Å². The van der Waals surface area contributed by atoms with Crippen molar-refractivity contribution in [3.63, 3.8) is 0 Å². The SMILES string of the molecule is CC(C)(C)OC(=O)N(C(=O)OC(C)(C)C)[C@@H](CCCCN)C(=O)NCC1=c2c(c3c(c4c2=CCC4)[N+](=O)C2=C3CCCC2)C=N1. The van der Waals surface area contributed by atoms with Crippen molar-refractivity contribution in [3.05, 3.63) is 37.7 Å². The molecule has 2 aliphatic heterocycles. The zero-order chi connectivity index (χ0) is 32.7. The molecule has 0 aromatic heterocycles. The summed E-state index contributed by atoms with van der Waals surface area (Å²) in [6, 6.07) is -1.19. The lowest BCUT2D eigenvalue weighted by Gasteiger charge is -2.32. The largest absolute Gasteiger partial charge is 0.443 e. The molecule has 1 aromatic carbocycles. The molecule has 3 amide bonds. The fourth-order valence-corrected chi connectivity index (χ4v) is 6.59. The fourth-order valence-electron chi connectivity index (χ4n) is 6.59. The average Bonchev–Trinajstić information content (AvgIpc) is 3.65. The molecule has 11 heteroatoms. The average molecular weight is 621 g/mol. The number of carbonyl (C=O) groups is 3. The number of nitrogens with one attached hydrogen (secondary N) is 1. The normalized spacial score (nSPS) is 17.3. The maximum atomic E-state index is 13.9. The molecule has 11 nitrogen and oxygen atoms in total. The molecule has 0 saturated carbocycles. The number of aliphatic imine (C=N–C) groups is 1. The van der Waals surface area contributed by atoms with Gasteiger partial charge in [0.05, 0.1) is 22.6 Å². The van der Waals surface area contributed by atoms with Crippen molar-refractivity contribution in [1.29, 1.82) is 0 Å². The van der Waals surface area contributed by atoms with Crippen LogP contribution in [-0.4, -0.2) is 64.3 Å². The van der Waals surface area contributed by atoms with E-state index in [0.29, 0.717) is 25.1 Å². The van der Waals surface area contributed by atoms with E-state index in [1.807, 2.05) is 6.21 Å². The second kappa shape index (κ2) is 12.5. The molecule has 242 valence electrons. The van der Waals surface area contributed by atoms with E-state index in [2.05, 4.69) is 11.4 Å². The van der Waals surface area contributed by atoms with Crippen LogP contribution < -0.4 is 21.5 Å². The maximum absolute atomic E-state index is 13.9. The van der Waals surface area contributed by atoms with E-state index >= 15 is 0 Å². The van der Waals surface area contributed by atoms with Crippen LogP contribution in [0.25, 0.3) is 17.3 Å². The zero-order valence-corrected chi connectivity index (χ0v) is 27.4. The minimum absolute atomic E-state index is 0.0816. The Balaban J connectivity index is 1.49. The van der Waals surface area contributed by atoms with Crippen LogP contribution in [0.15, 0.2) is 10.7 Å². The minimum atomic E-state index is -1.19. The van der Waals surface area contributed by atoms with E-state index in [0.717, 1.165) is 92.3 Å². The molecule has 5 rings (SSSR count). The van der Waals surface area contributed by atoms with E-state index < -0.39 is 35.3 Å². The van der Waals surface area contributed by atoms with Crippen molar-refractivity contribution in [2.75, 3.05) is 13.1 Å². The summed E-state index contributed by atoms with van der Waals surface area (Å²) in [6.07, 6.45) is 8.67. The Labute approximate surface area is 264 Å². The number of allylic oxidation sites excluding steroid dienone is 2. The van der Waals surface area contributed by atoms with Crippen molar-refractivity contribution in [2.45, 2.75) is 117 Å². The van der Waals surface area contributed by atoms with Crippen LogP contribution in [0.2, 0.25) is 0 Å². The van der Waals surface area contributed by atoms with Gasteiger partial charge >= 0.3 is 12.2 Å². The molecule has 0 fully saturated rings. The molecule has 2 aliphatic carbocycles. The van der Waals surface area contributed by atoms with Crippen LogP contribution in [0, 0.1) is 4.91 Å². The lowest BCUT2D eigenvalue weighted by atomic mass is 9.88. The number of ether oxygens (including phenoxy) is 2. The number of carbonyl (C=O) groups excluding carboxylic acids is 3. The quantitative estimate of drug-likeness (QED) is 0.323. The topological polar surface area (TPSA) is 143 Å². The standard InChI is InChI=1S/C34H45N5O6/c1-33(2,3)44-31(41)38(32(42)45-34(4,5)6)26(16-9-10-17-35)30(40)37-19-24-27-20-13-11-14-21(20)29-28(23(27)18-36-24)22-12-7-8-15-25(22)39(29)43/h13,18,26H,7-12,14-17,19,35H2,1-6H3/p+1/t26-/m0/s1. The maximum Gasteiger partial charge on any atom is 0.420 e. The van der Waals surface area contributed by atoms with Gasteiger partial charge in [-0.15, -0.1) is 0 Å². The van der Waals surface area contributed by atoms with E-state index in [9.17, 15) is 19.3 Å². The Morgan fingerprint density at radius 1 is 1.02 bits per heavy atom. The number of nitrogens with zero attached hydrogens (tertiary/aromatic N) is 3. The molecule has 45 heavy (non-hydrogen) atoms. The number of nitroso groups, excluding NO2 is 1. The number of imide groups is 1. The van der Waals surface area contributed by atoms with Gasteiger partial charge in [-0.2, -0.15) is 4.90 Å². The minimum Gasteiger partial charge on any atom is -0.443 e. The molecule has 0 bridgehead atoms. The smallest absolute Gasteiger partial charge is 0.420 e. The molecule has 0 radical (unpaired) electrons. The van der Waals surface area contributed by atoms with Gasteiger partial charge in [0.25, 0.3) is 5.69 Å². The van der Waals surface area contributed by atoms with E-state index in [-0.39, 0.29) is 13.0 Å². The van der Waals surface area contributed by atoms with Crippen molar-refractivity contribution in [3.8, 4) is 0 Å². The summed E-state index contributed by atoms with van der Waals surface area (Å²) in [7, 11) is 0. The molecule has 1 aromatic rings. The van der Waals surface area contributed by atoms with Crippen molar-refractivity contribution in [2.24, 2.45) is 10.7 Å². The third-order valence-corrected chi connectivity index (χ3v) is 8.38. The van der Waals surface area contributed by atoms with Gasteiger partial charge in [0.2, 0.25) is 11.6 Å². The third-order valence-electron chi connectivity index (χ3n) is 8.38. The molecular formula is C34H46N5O6+. The Hall–Kier alpha value is -3.86. The summed E-state index contributed by atoms with van der Waals surface area (Å²) < 4.78 is 12.3. The summed E-state index contributed by atoms with van der Waals surface area (Å²) in [6.45, 7) is 10.6. The van der Waals surface area contributed by atoms with E-state index in [4.69, 9.17) is 20.2 Å². The first kappa shape index (κ1) is 32.5. The van der Waals surface area contributed by atoms with Crippen LogP contribution >= 0.6 is 0 Å². The molecule has 4 aliphatic rings. The van der Waals surface area contributed by atoms with Gasteiger partial charge in [0.1, 0.15) is 17.2 Å². The summed E-state index contributed by atoms with van der Waals surface area (Å²) in [4.78, 5) is 59.7. The lowest BCUT2D eigenvalue weighted by molar-refractivity contribution is -0.406. The number of hydrogen-bond donors (Lipinski definition) is 2. The van der Waals surface area contributed by atoms with Gasteiger partial charge < -0.3 is 20.5 Å². The molecule has 0 spiro atoms. The summed E-state index contributed by atoms with van der Waals surface area (Å²) >= 11 is 0. The highest BCUT2D eigenvalue weighted by atomic mass is 16.6. The van der Waals surface area contributed by atoms with Gasteiger partial charge in [-0.05, 0) is 105 Å². The summed E-state index contributed by atoms with van der Waals surface area (Å²) in [5.41, 5.74) is 10.3. The van der Waals surface area contributed by atoms with Crippen molar-refractivity contribution >= 4 is 47.3 Å². The second-order valence-corrected chi connectivity index (χ2v) is 14.1. The summed E-state index contributed by atoms with van der Waals surface area (Å²) in [5.74, 6) is -0.523. The first-order chi connectivity index (χ1) is 21.2. The van der Waals surface area contributed by atoms with Gasteiger partial charge in [0.15, 0.2) is 0 Å². The number of nitrogens with two attached hydrogens (primary N) is 1. The van der Waals surface area contributed by atoms with Gasteiger partial charge in [-0.25, -0.2) is 9.59 Å². The number of amides is 3. The highest BCUT2D eigenvalue weighted by molar-refractivity contribution is 6.00. The first-order valence-electron chi connectivity index (χ1n) is 16.1. The molecule has 3 N–H and O–H groups in total. The highest BCUT2D eigenvalue weighted by Crippen LogP contribution is 2.47. The highest BCUT2D eigenvalue weighted by Gasteiger charge is 2.45. The number of unbranched alkanes of at least 4 members (excludes halogenated alkanes) is 1. The number of fused-ring (bicyclic) bond motifs is 7. The third kappa shape index (κ3) is 6.59. The zero-order valence-electron chi connectivity index (χ0n) is 27.4. The van der Waals surface area contributed by atoms with Crippen LogP contribution in [0.3, 0.4) is 0 Å². The molecule has 1 atom stereocenters.